The topological polar surface area (TPSA) is 25.8 Å². The lowest BCUT2D eigenvalue weighted by atomic mass is 10.2. The summed E-state index contributed by atoms with van der Waals surface area (Å²) in [5.41, 5.74) is -0.0725. The van der Waals surface area contributed by atoms with Crippen molar-refractivity contribution in [3.63, 3.8) is 0 Å². The Balaban J connectivity index is 2.60. The van der Waals surface area contributed by atoms with Crippen LogP contribution in [0.2, 0.25) is 5.15 Å². The zero-order valence-corrected chi connectivity index (χ0v) is 8.17. The second kappa shape index (κ2) is 3.90. The third-order valence-electron chi connectivity index (χ3n) is 1.83. The van der Waals surface area contributed by atoms with E-state index in [-0.39, 0.29) is 16.4 Å². The number of halogens is 3. The van der Waals surface area contributed by atoms with Gasteiger partial charge in [-0.2, -0.15) is 0 Å². The molecular weight excluding hydrogens is 222 g/mol. The summed E-state index contributed by atoms with van der Waals surface area (Å²) in [5.74, 6) is -1.24. The molecule has 0 fully saturated rings. The highest BCUT2D eigenvalue weighted by atomic mass is 35.5. The van der Waals surface area contributed by atoms with Crippen LogP contribution in [0.3, 0.4) is 0 Å². The molecule has 0 aliphatic heterocycles. The lowest BCUT2D eigenvalue weighted by Crippen LogP contribution is -1.93. The van der Waals surface area contributed by atoms with Crippen molar-refractivity contribution in [2.75, 3.05) is 0 Å². The molecule has 0 spiro atoms. The molecule has 0 amide bonds. The fourth-order valence-electron chi connectivity index (χ4n) is 1.17. The molecule has 2 aromatic rings. The molecule has 0 saturated carbocycles. The van der Waals surface area contributed by atoms with Crippen LogP contribution in [0.5, 0.6) is 0 Å². The minimum Gasteiger partial charge on any atom is -0.253 e. The van der Waals surface area contributed by atoms with E-state index < -0.39 is 11.6 Å². The summed E-state index contributed by atoms with van der Waals surface area (Å²) in [7, 11) is 0. The molecule has 0 bridgehead atoms. The van der Waals surface area contributed by atoms with Gasteiger partial charge in [0, 0.05) is 18.5 Å². The molecule has 5 heteroatoms. The maximum Gasteiger partial charge on any atom is 0.149 e. The summed E-state index contributed by atoms with van der Waals surface area (Å²) in [6, 6.07) is 3.65. The van der Waals surface area contributed by atoms with Crippen molar-refractivity contribution >= 4 is 11.6 Å². The molecule has 0 radical (unpaired) electrons. The predicted molar refractivity (Wildman–Crippen MR) is 52.4 cm³/mol. The molecule has 0 aliphatic rings. The van der Waals surface area contributed by atoms with Crippen LogP contribution in [0.25, 0.3) is 11.3 Å². The van der Waals surface area contributed by atoms with Crippen molar-refractivity contribution in [2.24, 2.45) is 0 Å². The van der Waals surface area contributed by atoms with Crippen LogP contribution in [0.1, 0.15) is 0 Å². The van der Waals surface area contributed by atoms with Crippen molar-refractivity contribution in [1.29, 1.82) is 0 Å². The Bertz CT molecular complexity index is 503. The van der Waals surface area contributed by atoms with E-state index in [0.717, 1.165) is 12.3 Å². The van der Waals surface area contributed by atoms with Crippen LogP contribution in [0.15, 0.2) is 30.6 Å². The van der Waals surface area contributed by atoms with Crippen LogP contribution in [-0.2, 0) is 0 Å². The van der Waals surface area contributed by atoms with Crippen LogP contribution in [0, 0.1) is 11.6 Å². The maximum atomic E-state index is 13.4. The first-order chi connectivity index (χ1) is 7.18. The van der Waals surface area contributed by atoms with Crippen LogP contribution < -0.4 is 0 Å². The fourth-order valence-corrected chi connectivity index (χ4v) is 1.31. The Morgan fingerprint density at radius 2 is 1.93 bits per heavy atom. The van der Waals surface area contributed by atoms with Gasteiger partial charge in [0.1, 0.15) is 22.5 Å². The highest BCUT2D eigenvalue weighted by Gasteiger charge is 2.11. The van der Waals surface area contributed by atoms with E-state index in [0.29, 0.717) is 0 Å². The van der Waals surface area contributed by atoms with Gasteiger partial charge >= 0.3 is 0 Å². The van der Waals surface area contributed by atoms with Crippen molar-refractivity contribution in [1.82, 2.24) is 9.97 Å². The molecule has 0 saturated heterocycles. The monoisotopic (exact) mass is 226 g/mol. The summed E-state index contributed by atoms with van der Waals surface area (Å²) in [4.78, 5) is 7.42. The van der Waals surface area contributed by atoms with E-state index in [1.54, 1.807) is 0 Å². The Labute approximate surface area is 89.6 Å². The summed E-state index contributed by atoms with van der Waals surface area (Å²) in [5, 5.41) is 0.0209. The first-order valence-electron chi connectivity index (χ1n) is 4.10. The Hall–Kier alpha value is -1.55. The fraction of sp³-hybridized carbons (Fsp3) is 0. The normalized spacial score (nSPS) is 10.3. The summed E-state index contributed by atoms with van der Waals surface area (Å²) < 4.78 is 26.7. The van der Waals surface area contributed by atoms with Gasteiger partial charge in [0.2, 0.25) is 0 Å². The third kappa shape index (κ3) is 1.94. The first kappa shape index (κ1) is 9.98. The lowest BCUT2D eigenvalue weighted by Gasteiger charge is -2.02. The number of pyridine rings is 2. The van der Waals surface area contributed by atoms with E-state index >= 15 is 0 Å². The molecule has 0 aliphatic carbocycles. The molecule has 15 heavy (non-hydrogen) atoms. The van der Waals surface area contributed by atoms with E-state index in [9.17, 15) is 8.78 Å². The van der Waals surface area contributed by atoms with Crippen molar-refractivity contribution in [3.05, 3.63) is 47.4 Å². The summed E-state index contributed by atoms with van der Waals surface area (Å²) in [6.45, 7) is 0. The van der Waals surface area contributed by atoms with Gasteiger partial charge in [-0.25, -0.2) is 13.8 Å². The van der Waals surface area contributed by atoms with Crippen LogP contribution in [-0.4, -0.2) is 9.97 Å². The van der Waals surface area contributed by atoms with E-state index in [1.807, 2.05) is 0 Å². The molecule has 76 valence electrons. The number of hydrogen-bond acceptors (Lipinski definition) is 2. The number of aromatic nitrogens is 2. The lowest BCUT2D eigenvalue weighted by molar-refractivity contribution is 0.610. The second-order valence-electron chi connectivity index (χ2n) is 2.82. The smallest absolute Gasteiger partial charge is 0.149 e. The van der Waals surface area contributed by atoms with Crippen molar-refractivity contribution in [2.45, 2.75) is 0 Å². The predicted octanol–water partition coefficient (Wildman–Crippen LogP) is 3.08. The number of rotatable bonds is 1. The van der Waals surface area contributed by atoms with Crippen molar-refractivity contribution < 1.29 is 8.78 Å². The average molecular weight is 227 g/mol. The molecule has 2 nitrogen and oxygen atoms in total. The molecule has 0 atom stereocenters. The Morgan fingerprint density at radius 3 is 2.60 bits per heavy atom. The number of hydrogen-bond donors (Lipinski definition) is 0. The largest absolute Gasteiger partial charge is 0.253 e. The molecule has 2 rings (SSSR count). The molecule has 0 unspecified atom stereocenters. The van der Waals surface area contributed by atoms with Gasteiger partial charge in [-0.3, -0.25) is 4.98 Å². The van der Waals surface area contributed by atoms with Gasteiger partial charge in [0.05, 0.1) is 5.56 Å². The standard InChI is InChI=1S/C10H5ClF2N2/c11-9-4-8(13)6(5-15-9)10-7(12)2-1-3-14-10/h1-5H. The maximum absolute atomic E-state index is 13.4. The van der Waals surface area contributed by atoms with E-state index in [4.69, 9.17) is 11.6 Å². The van der Waals surface area contributed by atoms with Gasteiger partial charge in [-0.05, 0) is 12.1 Å². The SMILES string of the molecule is Fc1cc(Cl)ncc1-c1ncccc1F. The zero-order chi connectivity index (χ0) is 10.8. The second-order valence-corrected chi connectivity index (χ2v) is 3.21. The summed E-state index contributed by atoms with van der Waals surface area (Å²) >= 11 is 5.48. The zero-order valence-electron chi connectivity index (χ0n) is 7.42. The van der Waals surface area contributed by atoms with Gasteiger partial charge < -0.3 is 0 Å². The molecule has 2 heterocycles. The van der Waals surface area contributed by atoms with Gasteiger partial charge in [-0.15, -0.1) is 0 Å². The Morgan fingerprint density at radius 1 is 1.13 bits per heavy atom. The average Bonchev–Trinajstić information content (AvgIpc) is 2.20. The quantitative estimate of drug-likeness (QED) is 0.699. The van der Waals surface area contributed by atoms with E-state index in [1.165, 1.54) is 18.3 Å². The van der Waals surface area contributed by atoms with Gasteiger partial charge in [0.15, 0.2) is 0 Å². The summed E-state index contributed by atoms with van der Waals surface area (Å²) in [6.07, 6.45) is 2.54. The highest BCUT2D eigenvalue weighted by Crippen LogP contribution is 2.23. The first-order valence-corrected chi connectivity index (χ1v) is 4.48. The van der Waals surface area contributed by atoms with Crippen LogP contribution in [0.4, 0.5) is 8.78 Å². The molecular formula is C10H5ClF2N2. The molecule has 0 aromatic carbocycles. The molecule has 2 aromatic heterocycles. The third-order valence-corrected chi connectivity index (χ3v) is 2.04. The minimum atomic E-state index is -0.646. The van der Waals surface area contributed by atoms with Crippen molar-refractivity contribution in [3.8, 4) is 11.3 Å². The number of nitrogens with zero attached hydrogens (tertiary/aromatic N) is 2. The minimum absolute atomic E-state index is 0.00231. The highest BCUT2D eigenvalue weighted by molar-refractivity contribution is 6.29. The van der Waals surface area contributed by atoms with Gasteiger partial charge in [0.25, 0.3) is 0 Å². The Kier molecular flexibility index (Phi) is 2.60. The molecule has 0 N–H and O–H groups in total. The van der Waals surface area contributed by atoms with E-state index in [2.05, 4.69) is 9.97 Å². The van der Waals surface area contributed by atoms with Crippen LogP contribution >= 0.6 is 11.6 Å². The van der Waals surface area contributed by atoms with Gasteiger partial charge in [-0.1, -0.05) is 11.6 Å².